The van der Waals surface area contributed by atoms with Crippen LogP contribution in [0.4, 0.5) is 0 Å². The predicted molar refractivity (Wildman–Crippen MR) is 151 cm³/mol. The van der Waals surface area contributed by atoms with Crippen molar-refractivity contribution in [2.45, 2.75) is 39.8 Å². The molecule has 2 heterocycles. The van der Waals surface area contributed by atoms with Gasteiger partial charge in [-0.3, -0.25) is 9.36 Å². The number of hydrogen-bond donors (Lipinski definition) is 0. The number of rotatable bonds is 8. The van der Waals surface area contributed by atoms with Crippen molar-refractivity contribution in [1.29, 1.82) is 0 Å². The summed E-state index contributed by atoms with van der Waals surface area (Å²) < 4.78 is 19.6. The molecule has 0 spiro atoms. The van der Waals surface area contributed by atoms with Gasteiger partial charge in [0.1, 0.15) is 18.1 Å². The van der Waals surface area contributed by atoms with Crippen LogP contribution in [0, 0.1) is 12.3 Å². The Morgan fingerprint density at radius 2 is 1.97 bits per heavy atom. The molecule has 1 aliphatic rings. The van der Waals surface area contributed by atoms with Gasteiger partial charge in [0.15, 0.2) is 4.80 Å². The van der Waals surface area contributed by atoms with Crippen LogP contribution in [0.5, 0.6) is 11.5 Å². The molecule has 2 aromatic carbocycles. The minimum atomic E-state index is -0.713. The highest BCUT2D eigenvalue weighted by Crippen LogP contribution is 2.32. The molecule has 0 fully saturated rings. The van der Waals surface area contributed by atoms with Crippen LogP contribution in [-0.2, 0) is 9.53 Å². The van der Waals surface area contributed by atoms with E-state index < -0.39 is 12.0 Å². The Kier molecular flexibility index (Phi) is 8.55. The first-order valence-corrected chi connectivity index (χ1v) is 13.7. The van der Waals surface area contributed by atoms with E-state index in [2.05, 4.69) is 26.8 Å². The lowest BCUT2D eigenvalue weighted by Crippen LogP contribution is -2.40. The highest BCUT2D eigenvalue weighted by molar-refractivity contribution is 9.10. The van der Waals surface area contributed by atoms with Gasteiger partial charge in [-0.05, 0) is 69.7 Å². The average Bonchev–Trinajstić information content (AvgIpc) is 3.17. The molecule has 0 aliphatic carbocycles. The van der Waals surface area contributed by atoms with Crippen molar-refractivity contribution in [3.8, 4) is 23.8 Å². The lowest BCUT2D eigenvalue weighted by Gasteiger charge is -2.25. The topological polar surface area (TPSA) is 79.1 Å². The lowest BCUT2D eigenvalue weighted by molar-refractivity contribution is -0.143. The van der Waals surface area contributed by atoms with E-state index in [1.807, 2.05) is 43.3 Å². The van der Waals surface area contributed by atoms with Crippen molar-refractivity contribution >= 4 is 39.3 Å². The first-order valence-electron chi connectivity index (χ1n) is 12.1. The summed E-state index contributed by atoms with van der Waals surface area (Å²) >= 11 is 4.72. The second-order valence-electron chi connectivity index (χ2n) is 8.71. The molecule has 0 saturated heterocycles. The van der Waals surface area contributed by atoms with E-state index in [-0.39, 0.29) is 18.3 Å². The fourth-order valence-electron chi connectivity index (χ4n) is 4.11. The third-order valence-corrected chi connectivity index (χ3v) is 7.14. The van der Waals surface area contributed by atoms with Crippen LogP contribution in [0.15, 0.2) is 68.0 Å². The zero-order valence-electron chi connectivity index (χ0n) is 21.5. The highest BCUT2D eigenvalue weighted by atomic mass is 79.9. The van der Waals surface area contributed by atoms with Crippen LogP contribution in [0.3, 0.4) is 0 Å². The van der Waals surface area contributed by atoms with Crippen LogP contribution in [0.2, 0.25) is 0 Å². The molecule has 7 nitrogen and oxygen atoms in total. The van der Waals surface area contributed by atoms with Gasteiger partial charge in [-0.25, -0.2) is 9.79 Å². The van der Waals surface area contributed by atoms with Gasteiger partial charge in [-0.2, -0.15) is 0 Å². The van der Waals surface area contributed by atoms with Gasteiger partial charge in [-0.1, -0.05) is 45.3 Å². The number of hydrogen-bond acceptors (Lipinski definition) is 7. The monoisotopic (exact) mass is 594 g/mol. The third kappa shape index (κ3) is 5.77. The molecular formula is C29H27BrN2O5S. The Bertz CT molecular complexity index is 1610. The van der Waals surface area contributed by atoms with E-state index in [1.54, 1.807) is 37.5 Å². The van der Waals surface area contributed by atoms with Crippen LogP contribution in [0.25, 0.3) is 6.08 Å². The van der Waals surface area contributed by atoms with Crippen molar-refractivity contribution in [2.75, 3.05) is 13.2 Å². The first kappa shape index (κ1) is 27.4. The summed E-state index contributed by atoms with van der Waals surface area (Å²) in [6, 6.07) is 12.1. The quantitative estimate of drug-likeness (QED) is 0.286. The summed E-state index contributed by atoms with van der Waals surface area (Å²) in [7, 11) is 0. The molecule has 3 aromatic rings. The van der Waals surface area contributed by atoms with Gasteiger partial charge in [0.05, 0.1) is 34.6 Å². The highest BCUT2D eigenvalue weighted by Gasteiger charge is 2.33. The Morgan fingerprint density at radius 3 is 2.63 bits per heavy atom. The fraction of sp³-hybridized carbons (Fsp3) is 0.276. The molecule has 196 valence electrons. The molecule has 9 heteroatoms. The van der Waals surface area contributed by atoms with Crippen molar-refractivity contribution in [3.05, 3.63) is 89.0 Å². The van der Waals surface area contributed by atoms with Gasteiger partial charge in [0.25, 0.3) is 5.56 Å². The standard InChI is InChI=1S/C29H27BrN2O5S/c1-6-14-36-23-13-10-21(30)15-20(23)16-24-27(33)32-26(19-8-11-22(12-9-19)35-7-2)25(28(34)37-17(3)4)18(5)31-29(32)38-24/h1,8-13,15-17,26H,7,14H2,2-5H3/b24-16+/t26-/m0/s1. The molecule has 0 bridgehead atoms. The summed E-state index contributed by atoms with van der Waals surface area (Å²) in [5, 5.41) is 0. The van der Waals surface area contributed by atoms with E-state index in [9.17, 15) is 9.59 Å². The Balaban J connectivity index is 1.91. The predicted octanol–water partition coefficient (Wildman–Crippen LogP) is 4.36. The summed E-state index contributed by atoms with van der Waals surface area (Å²) in [6.45, 7) is 7.87. The summed E-state index contributed by atoms with van der Waals surface area (Å²) in [4.78, 5) is 32.3. The molecule has 0 N–H and O–H groups in total. The molecule has 0 radical (unpaired) electrons. The number of esters is 1. The normalized spacial score (nSPS) is 15.1. The second kappa shape index (κ2) is 11.8. The molecule has 4 rings (SSSR count). The number of terminal acetylenes is 1. The number of allylic oxidation sites excluding steroid dienone is 1. The number of carbonyl (C=O) groups excluding carboxylic acids is 1. The van der Waals surface area contributed by atoms with Crippen molar-refractivity contribution in [1.82, 2.24) is 4.57 Å². The van der Waals surface area contributed by atoms with Crippen molar-refractivity contribution in [2.24, 2.45) is 4.99 Å². The van der Waals surface area contributed by atoms with Crippen LogP contribution < -0.4 is 24.4 Å². The SMILES string of the molecule is C#CCOc1ccc(Br)cc1/C=c1/sc2n(c1=O)[C@@H](c1ccc(OCC)cc1)C(C(=O)OC(C)C)=C(C)N=2. The molecule has 0 unspecified atom stereocenters. The minimum Gasteiger partial charge on any atom is -0.494 e. The van der Waals surface area contributed by atoms with Crippen LogP contribution in [-0.4, -0.2) is 29.9 Å². The summed E-state index contributed by atoms with van der Waals surface area (Å²) in [5.74, 6) is 3.20. The molecule has 0 amide bonds. The lowest BCUT2D eigenvalue weighted by atomic mass is 9.96. The number of fused-ring (bicyclic) bond motifs is 1. The summed E-state index contributed by atoms with van der Waals surface area (Å²) in [6.07, 6.45) is 6.79. The van der Waals surface area contributed by atoms with E-state index >= 15 is 0 Å². The van der Waals surface area contributed by atoms with E-state index in [0.717, 1.165) is 10.0 Å². The van der Waals surface area contributed by atoms with Gasteiger partial charge < -0.3 is 14.2 Å². The Morgan fingerprint density at radius 1 is 1.24 bits per heavy atom. The van der Waals surface area contributed by atoms with Gasteiger partial charge in [-0.15, -0.1) is 6.42 Å². The third-order valence-electron chi connectivity index (χ3n) is 5.66. The second-order valence-corrected chi connectivity index (χ2v) is 10.6. The zero-order chi connectivity index (χ0) is 27.4. The number of thiazole rings is 1. The zero-order valence-corrected chi connectivity index (χ0v) is 23.9. The van der Waals surface area contributed by atoms with Crippen molar-refractivity contribution in [3.63, 3.8) is 0 Å². The molecule has 1 aliphatic heterocycles. The maximum absolute atomic E-state index is 13.9. The van der Waals surface area contributed by atoms with E-state index in [1.165, 1.54) is 11.3 Å². The molecule has 38 heavy (non-hydrogen) atoms. The largest absolute Gasteiger partial charge is 0.494 e. The molecule has 0 saturated carbocycles. The average molecular weight is 596 g/mol. The van der Waals surface area contributed by atoms with Gasteiger partial charge >= 0.3 is 5.97 Å². The fourth-order valence-corrected chi connectivity index (χ4v) is 5.53. The number of benzene rings is 2. The van der Waals surface area contributed by atoms with E-state index in [4.69, 9.17) is 20.6 Å². The van der Waals surface area contributed by atoms with Crippen LogP contribution >= 0.6 is 27.3 Å². The molecule has 1 aromatic heterocycles. The maximum atomic E-state index is 13.9. The van der Waals surface area contributed by atoms with Crippen LogP contribution in [0.1, 0.15) is 44.9 Å². The number of carbonyl (C=O) groups is 1. The number of aromatic nitrogens is 1. The van der Waals surface area contributed by atoms with E-state index in [0.29, 0.717) is 44.3 Å². The van der Waals surface area contributed by atoms with Gasteiger partial charge in [0, 0.05) is 10.0 Å². The Labute approximate surface area is 233 Å². The number of halogens is 1. The smallest absolute Gasteiger partial charge is 0.338 e. The molecular weight excluding hydrogens is 568 g/mol. The van der Waals surface area contributed by atoms with Crippen molar-refractivity contribution < 1.29 is 19.0 Å². The number of ether oxygens (including phenoxy) is 3. The first-order chi connectivity index (χ1) is 18.2. The molecule has 1 atom stereocenters. The number of nitrogens with zero attached hydrogens (tertiary/aromatic N) is 2. The maximum Gasteiger partial charge on any atom is 0.338 e. The van der Waals surface area contributed by atoms with Gasteiger partial charge in [0.2, 0.25) is 0 Å². The minimum absolute atomic E-state index is 0.0992. The summed E-state index contributed by atoms with van der Waals surface area (Å²) in [5.41, 5.74) is 1.97. The Hall–Kier alpha value is -3.61.